The van der Waals surface area contributed by atoms with Crippen LogP contribution >= 0.6 is 0 Å². The van der Waals surface area contributed by atoms with Gasteiger partial charge in [-0.25, -0.2) is 4.79 Å². The molecule has 2 aromatic rings. The number of carboxylic acids is 1. The molecule has 1 heterocycles. The molecule has 0 saturated heterocycles. The van der Waals surface area contributed by atoms with Gasteiger partial charge in [-0.1, -0.05) is 0 Å². The van der Waals surface area contributed by atoms with Crippen molar-refractivity contribution >= 4 is 16.9 Å². The molecule has 0 aliphatic heterocycles. The Labute approximate surface area is 106 Å². The molecule has 0 atom stereocenters. The van der Waals surface area contributed by atoms with Crippen molar-refractivity contribution in [1.82, 2.24) is 4.57 Å². The molecule has 0 radical (unpaired) electrons. The minimum atomic E-state index is -0.881. The van der Waals surface area contributed by atoms with E-state index >= 15 is 0 Å². The van der Waals surface area contributed by atoms with Crippen LogP contribution in [0, 0.1) is 6.92 Å². The molecule has 0 unspecified atom stereocenters. The van der Waals surface area contributed by atoms with E-state index in [1.54, 1.807) is 12.1 Å². The first kappa shape index (κ1) is 12.6. The van der Waals surface area contributed by atoms with Gasteiger partial charge in [0, 0.05) is 18.6 Å². The van der Waals surface area contributed by atoms with Gasteiger partial charge in [-0.3, -0.25) is 0 Å². The van der Waals surface area contributed by atoms with Gasteiger partial charge in [0.15, 0.2) is 0 Å². The fraction of sp³-hybridized carbons (Fsp3) is 0.357. The third kappa shape index (κ3) is 2.11. The lowest BCUT2D eigenvalue weighted by molar-refractivity contribution is 0.0697. The second kappa shape index (κ2) is 4.82. The average molecular weight is 246 g/mol. The van der Waals surface area contributed by atoms with E-state index in [-0.39, 0.29) is 0 Å². The monoisotopic (exact) mass is 246 g/mol. The van der Waals surface area contributed by atoms with E-state index in [0.717, 1.165) is 29.3 Å². The molecule has 96 valence electrons. The van der Waals surface area contributed by atoms with E-state index in [1.165, 1.54) is 5.56 Å². The van der Waals surface area contributed by atoms with Gasteiger partial charge in [-0.05, 0) is 49.6 Å². The molecule has 0 spiro atoms. The minimum Gasteiger partial charge on any atom is -0.478 e. The van der Waals surface area contributed by atoms with Crippen molar-refractivity contribution in [1.29, 1.82) is 0 Å². The predicted octanol–water partition coefficient (Wildman–Crippen LogP) is 2.08. The van der Waals surface area contributed by atoms with Crippen molar-refractivity contribution in [3.63, 3.8) is 0 Å². The van der Waals surface area contributed by atoms with Gasteiger partial charge in [0.1, 0.15) is 0 Å². The summed E-state index contributed by atoms with van der Waals surface area (Å²) in [6.07, 6.45) is 3.87. The third-order valence-electron chi connectivity index (χ3n) is 3.25. The molecule has 2 rings (SSSR count). The van der Waals surface area contributed by atoms with E-state index in [4.69, 9.17) is 10.8 Å². The van der Waals surface area contributed by atoms with Crippen LogP contribution in [0.25, 0.3) is 10.9 Å². The summed E-state index contributed by atoms with van der Waals surface area (Å²) >= 11 is 0. The Morgan fingerprint density at radius 1 is 1.44 bits per heavy atom. The molecule has 1 aromatic heterocycles. The second-order valence-electron chi connectivity index (χ2n) is 4.65. The van der Waals surface area contributed by atoms with E-state index in [0.29, 0.717) is 12.1 Å². The van der Waals surface area contributed by atoms with Crippen LogP contribution in [0.2, 0.25) is 0 Å². The molecular formula is C14H18N2O2. The van der Waals surface area contributed by atoms with Crippen molar-refractivity contribution in [2.45, 2.75) is 19.8 Å². The summed E-state index contributed by atoms with van der Waals surface area (Å²) in [6.45, 7) is 2.59. The molecule has 4 heteroatoms. The highest BCUT2D eigenvalue weighted by molar-refractivity contribution is 5.96. The van der Waals surface area contributed by atoms with Crippen LogP contribution in [-0.2, 0) is 13.5 Å². The molecule has 0 aliphatic rings. The molecule has 0 amide bonds. The maximum absolute atomic E-state index is 11.1. The zero-order chi connectivity index (χ0) is 13.3. The van der Waals surface area contributed by atoms with E-state index in [1.807, 2.05) is 14.0 Å². The first-order valence-corrected chi connectivity index (χ1v) is 6.06. The summed E-state index contributed by atoms with van der Waals surface area (Å²) in [7, 11) is 1.99. The van der Waals surface area contributed by atoms with Crippen molar-refractivity contribution in [2.75, 3.05) is 6.54 Å². The fourth-order valence-corrected chi connectivity index (χ4v) is 2.48. The van der Waals surface area contributed by atoms with Gasteiger partial charge < -0.3 is 15.4 Å². The number of nitrogens with two attached hydrogens (primary N) is 1. The second-order valence-corrected chi connectivity index (χ2v) is 4.65. The number of hydrogen-bond acceptors (Lipinski definition) is 2. The summed E-state index contributed by atoms with van der Waals surface area (Å²) < 4.78 is 2.06. The highest BCUT2D eigenvalue weighted by Crippen LogP contribution is 2.26. The zero-order valence-corrected chi connectivity index (χ0v) is 10.7. The number of benzene rings is 1. The average Bonchev–Trinajstić information content (AvgIpc) is 2.63. The van der Waals surface area contributed by atoms with Crippen LogP contribution in [0.1, 0.15) is 27.9 Å². The van der Waals surface area contributed by atoms with Gasteiger partial charge in [-0.15, -0.1) is 0 Å². The maximum Gasteiger partial charge on any atom is 0.335 e. The van der Waals surface area contributed by atoms with Gasteiger partial charge in [0.2, 0.25) is 0 Å². The Morgan fingerprint density at radius 2 is 2.17 bits per heavy atom. The number of fused-ring (bicyclic) bond motifs is 1. The summed E-state index contributed by atoms with van der Waals surface area (Å²) in [4.78, 5) is 11.1. The van der Waals surface area contributed by atoms with Crippen molar-refractivity contribution < 1.29 is 9.90 Å². The number of aromatic carboxylic acids is 1. The van der Waals surface area contributed by atoms with Crippen LogP contribution in [-0.4, -0.2) is 22.2 Å². The number of hydrogen-bond donors (Lipinski definition) is 2. The largest absolute Gasteiger partial charge is 0.478 e. The van der Waals surface area contributed by atoms with Gasteiger partial charge in [0.05, 0.1) is 11.1 Å². The Morgan fingerprint density at radius 3 is 2.78 bits per heavy atom. The molecule has 0 aliphatic carbocycles. The molecule has 0 fully saturated rings. The summed E-state index contributed by atoms with van der Waals surface area (Å²) in [5, 5.41) is 10.1. The van der Waals surface area contributed by atoms with Crippen LogP contribution < -0.4 is 5.73 Å². The normalized spacial score (nSPS) is 11.1. The lowest BCUT2D eigenvalue weighted by Crippen LogP contribution is -2.00. The van der Waals surface area contributed by atoms with Gasteiger partial charge in [-0.2, -0.15) is 0 Å². The molecule has 4 nitrogen and oxygen atoms in total. The summed E-state index contributed by atoms with van der Waals surface area (Å²) in [5.74, 6) is -0.881. The van der Waals surface area contributed by atoms with Crippen molar-refractivity contribution in [3.05, 3.63) is 35.0 Å². The maximum atomic E-state index is 11.1. The van der Waals surface area contributed by atoms with Crippen molar-refractivity contribution in [3.8, 4) is 0 Å². The predicted molar refractivity (Wildman–Crippen MR) is 72.0 cm³/mol. The van der Waals surface area contributed by atoms with Gasteiger partial charge >= 0.3 is 5.97 Å². The number of aryl methyl sites for hydroxylation is 3. The fourth-order valence-electron chi connectivity index (χ4n) is 2.48. The Bertz CT molecular complexity index is 599. The van der Waals surface area contributed by atoms with Crippen molar-refractivity contribution in [2.24, 2.45) is 12.8 Å². The quantitative estimate of drug-likeness (QED) is 0.867. The highest BCUT2D eigenvalue weighted by Gasteiger charge is 2.12. The minimum absolute atomic E-state index is 0.347. The Balaban J connectivity index is 2.63. The molecule has 18 heavy (non-hydrogen) atoms. The standard InChI is InChI=1S/C14H18N2O2/c1-9-6-11(14(17)18)7-12-10(4-3-5-15)8-16(2)13(9)12/h6-8H,3-5,15H2,1-2H3,(H,17,18). The zero-order valence-electron chi connectivity index (χ0n) is 10.7. The number of rotatable bonds is 4. The third-order valence-corrected chi connectivity index (χ3v) is 3.25. The van der Waals surface area contributed by atoms with Gasteiger partial charge in [0.25, 0.3) is 0 Å². The lowest BCUT2D eigenvalue weighted by Gasteiger charge is -2.04. The number of carbonyl (C=O) groups is 1. The van der Waals surface area contributed by atoms with Crippen LogP contribution in [0.15, 0.2) is 18.3 Å². The van der Waals surface area contributed by atoms with Crippen LogP contribution in [0.5, 0.6) is 0 Å². The Kier molecular flexibility index (Phi) is 3.39. The molecule has 3 N–H and O–H groups in total. The number of nitrogens with zero attached hydrogens (tertiary/aromatic N) is 1. The Hall–Kier alpha value is -1.81. The van der Waals surface area contributed by atoms with E-state index in [9.17, 15) is 4.79 Å². The van der Waals surface area contributed by atoms with E-state index < -0.39 is 5.97 Å². The first-order chi connectivity index (χ1) is 8.54. The molecule has 0 bridgehead atoms. The molecule has 1 aromatic carbocycles. The highest BCUT2D eigenvalue weighted by atomic mass is 16.4. The smallest absolute Gasteiger partial charge is 0.335 e. The number of aromatic nitrogens is 1. The number of carboxylic acid groups (broad SMARTS) is 1. The molecule has 0 saturated carbocycles. The topological polar surface area (TPSA) is 68.2 Å². The van der Waals surface area contributed by atoms with Crippen LogP contribution in [0.4, 0.5) is 0 Å². The molecular weight excluding hydrogens is 228 g/mol. The summed E-state index contributed by atoms with van der Waals surface area (Å²) in [5.41, 5.74) is 9.15. The first-order valence-electron chi connectivity index (χ1n) is 6.06. The summed E-state index contributed by atoms with van der Waals surface area (Å²) in [6, 6.07) is 3.48. The van der Waals surface area contributed by atoms with Crippen LogP contribution in [0.3, 0.4) is 0 Å². The lowest BCUT2D eigenvalue weighted by atomic mass is 10.0. The van der Waals surface area contributed by atoms with E-state index in [2.05, 4.69) is 10.8 Å². The SMILES string of the molecule is Cc1cc(C(=O)O)cc2c(CCCN)cn(C)c12.